The van der Waals surface area contributed by atoms with E-state index in [2.05, 4.69) is 0 Å². The number of rotatable bonds is 4. The van der Waals surface area contributed by atoms with Gasteiger partial charge in [-0.3, -0.25) is 0 Å². The standard InChI is InChI=1S/C12H15ClF2O/c1-3-7(2)4-12(16)8-5-10(14)11(15)6-9(8)13/h5-7,12,16H,3-4H2,1-2H3. The second kappa shape index (κ2) is 5.60. The van der Waals surface area contributed by atoms with E-state index in [4.69, 9.17) is 11.6 Å². The molecular weight excluding hydrogens is 234 g/mol. The Morgan fingerprint density at radius 2 is 1.88 bits per heavy atom. The number of aliphatic hydroxyl groups excluding tert-OH is 1. The van der Waals surface area contributed by atoms with Gasteiger partial charge in [-0.2, -0.15) is 0 Å². The average molecular weight is 249 g/mol. The highest BCUT2D eigenvalue weighted by Gasteiger charge is 2.17. The van der Waals surface area contributed by atoms with E-state index in [-0.39, 0.29) is 10.6 Å². The summed E-state index contributed by atoms with van der Waals surface area (Å²) in [6.07, 6.45) is 0.553. The lowest BCUT2D eigenvalue weighted by atomic mass is 9.96. The summed E-state index contributed by atoms with van der Waals surface area (Å²) in [5.74, 6) is -1.67. The summed E-state index contributed by atoms with van der Waals surface area (Å²) in [5, 5.41) is 9.91. The van der Waals surface area contributed by atoms with Crippen LogP contribution >= 0.6 is 11.6 Å². The van der Waals surface area contributed by atoms with Crippen molar-refractivity contribution < 1.29 is 13.9 Å². The molecule has 1 rings (SSSR count). The monoisotopic (exact) mass is 248 g/mol. The van der Waals surface area contributed by atoms with Gasteiger partial charge in [-0.05, 0) is 24.5 Å². The van der Waals surface area contributed by atoms with Crippen LogP contribution in [0.4, 0.5) is 8.78 Å². The van der Waals surface area contributed by atoms with Gasteiger partial charge in [0.25, 0.3) is 0 Å². The van der Waals surface area contributed by atoms with Gasteiger partial charge in [-0.25, -0.2) is 8.78 Å². The average Bonchev–Trinajstić information content (AvgIpc) is 2.23. The molecule has 0 amide bonds. The zero-order valence-corrected chi connectivity index (χ0v) is 10.1. The highest BCUT2D eigenvalue weighted by Crippen LogP contribution is 2.30. The topological polar surface area (TPSA) is 20.2 Å². The fourth-order valence-corrected chi connectivity index (χ4v) is 1.74. The lowest BCUT2D eigenvalue weighted by molar-refractivity contribution is 0.146. The first-order valence-corrected chi connectivity index (χ1v) is 5.66. The predicted octanol–water partition coefficient (Wildman–Crippen LogP) is 4.09. The van der Waals surface area contributed by atoms with Crippen LogP contribution in [0.25, 0.3) is 0 Å². The molecule has 90 valence electrons. The van der Waals surface area contributed by atoms with Crippen molar-refractivity contribution in [2.24, 2.45) is 5.92 Å². The Balaban J connectivity index is 2.91. The Kier molecular flexibility index (Phi) is 4.69. The minimum absolute atomic E-state index is 0.0645. The molecule has 1 N–H and O–H groups in total. The lowest BCUT2D eigenvalue weighted by Gasteiger charge is -2.16. The Labute approximate surface area is 99.0 Å². The highest BCUT2D eigenvalue weighted by molar-refractivity contribution is 6.31. The fraction of sp³-hybridized carbons (Fsp3) is 0.500. The summed E-state index contributed by atoms with van der Waals surface area (Å²) in [6.45, 7) is 3.99. The van der Waals surface area contributed by atoms with Crippen molar-refractivity contribution >= 4 is 11.6 Å². The maximum Gasteiger partial charge on any atom is 0.160 e. The molecule has 4 heteroatoms. The molecule has 0 fully saturated rings. The van der Waals surface area contributed by atoms with Gasteiger partial charge in [0.15, 0.2) is 11.6 Å². The van der Waals surface area contributed by atoms with Crippen molar-refractivity contribution in [3.63, 3.8) is 0 Å². The SMILES string of the molecule is CCC(C)CC(O)c1cc(F)c(F)cc1Cl. The molecule has 2 atom stereocenters. The Hall–Kier alpha value is -0.670. The van der Waals surface area contributed by atoms with Gasteiger partial charge >= 0.3 is 0 Å². The van der Waals surface area contributed by atoms with Crippen LogP contribution in [0.2, 0.25) is 5.02 Å². The van der Waals surface area contributed by atoms with Crippen molar-refractivity contribution in [3.8, 4) is 0 Å². The quantitative estimate of drug-likeness (QED) is 0.796. The molecule has 0 aliphatic heterocycles. The normalized spacial score (nSPS) is 14.9. The van der Waals surface area contributed by atoms with E-state index in [1.54, 1.807) is 0 Å². The lowest BCUT2D eigenvalue weighted by Crippen LogP contribution is -2.05. The largest absolute Gasteiger partial charge is 0.388 e. The molecule has 0 aromatic heterocycles. The molecule has 0 heterocycles. The summed E-state index contributed by atoms with van der Waals surface area (Å²) in [6, 6.07) is 1.86. The maximum absolute atomic E-state index is 13.0. The predicted molar refractivity (Wildman–Crippen MR) is 60.4 cm³/mol. The summed E-state index contributed by atoms with van der Waals surface area (Å²) in [5.41, 5.74) is 0.251. The first kappa shape index (κ1) is 13.4. The first-order valence-electron chi connectivity index (χ1n) is 5.28. The van der Waals surface area contributed by atoms with Crippen molar-refractivity contribution in [2.45, 2.75) is 32.8 Å². The molecule has 0 saturated carbocycles. The number of halogens is 3. The van der Waals surface area contributed by atoms with Crippen LogP contribution in [-0.2, 0) is 0 Å². The van der Waals surface area contributed by atoms with E-state index >= 15 is 0 Å². The van der Waals surface area contributed by atoms with Crippen molar-refractivity contribution in [3.05, 3.63) is 34.4 Å². The summed E-state index contributed by atoms with van der Waals surface area (Å²) >= 11 is 5.76. The van der Waals surface area contributed by atoms with Gasteiger partial charge in [-0.15, -0.1) is 0 Å². The van der Waals surface area contributed by atoms with Gasteiger partial charge in [0.1, 0.15) is 0 Å². The second-order valence-electron chi connectivity index (χ2n) is 4.05. The van der Waals surface area contributed by atoms with E-state index in [0.717, 1.165) is 18.6 Å². The molecular formula is C12H15ClF2O. The fourth-order valence-electron chi connectivity index (χ4n) is 1.47. The van der Waals surface area contributed by atoms with Crippen molar-refractivity contribution in [2.75, 3.05) is 0 Å². The maximum atomic E-state index is 13.0. The van der Waals surface area contributed by atoms with Crippen LogP contribution in [0.1, 0.15) is 38.4 Å². The molecule has 1 nitrogen and oxygen atoms in total. The Morgan fingerprint density at radius 1 is 1.31 bits per heavy atom. The summed E-state index contributed by atoms with van der Waals surface area (Å²) in [4.78, 5) is 0. The molecule has 1 aromatic carbocycles. The number of hydrogen-bond acceptors (Lipinski definition) is 1. The molecule has 1 aromatic rings. The van der Waals surface area contributed by atoms with E-state index in [9.17, 15) is 13.9 Å². The molecule has 2 unspecified atom stereocenters. The van der Waals surface area contributed by atoms with Gasteiger partial charge in [0.05, 0.1) is 6.10 Å². The van der Waals surface area contributed by atoms with Gasteiger partial charge in [0.2, 0.25) is 0 Å². The molecule has 0 radical (unpaired) electrons. The molecule has 0 spiro atoms. The van der Waals surface area contributed by atoms with Crippen LogP contribution in [0.3, 0.4) is 0 Å². The smallest absolute Gasteiger partial charge is 0.160 e. The Bertz CT molecular complexity index is 368. The number of hydrogen-bond donors (Lipinski definition) is 1. The summed E-state index contributed by atoms with van der Waals surface area (Å²) in [7, 11) is 0. The van der Waals surface area contributed by atoms with Crippen LogP contribution < -0.4 is 0 Å². The molecule has 16 heavy (non-hydrogen) atoms. The van der Waals surface area contributed by atoms with Crippen LogP contribution in [0.15, 0.2) is 12.1 Å². The molecule has 0 bridgehead atoms. The zero-order chi connectivity index (χ0) is 12.3. The van der Waals surface area contributed by atoms with E-state index in [0.29, 0.717) is 12.3 Å². The van der Waals surface area contributed by atoms with Gasteiger partial charge in [0, 0.05) is 10.6 Å². The van der Waals surface area contributed by atoms with E-state index in [1.807, 2.05) is 13.8 Å². The second-order valence-corrected chi connectivity index (χ2v) is 4.46. The minimum Gasteiger partial charge on any atom is -0.388 e. The first-order chi connectivity index (χ1) is 7.45. The molecule has 0 saturated heterocycles. The van der Waals surface area contributed by atoms with Crippen molar-refractivity contribution in [1.29, 1.82) is 0 Å². The van der Waals surface area contributed by atoms with E-state index < -0.39 is 17.7 Å². The number of benzene rings is 1. The Morgan fingerprint density at radius 3 is 2.44 bits per heavy atom. The van der Waals surface area contributed by atoms with Crippen LogP contribution in [0.5, 0.6) is 0 Å². The third-order valence-corrected chi connectivity index (χ3v) is 3.05. The zero-order valence-electron chi connectivity index (χ0n) is 9.30. The third-order valence-electron chi connectivity index (χ3n) is 2.72. The van der Waals surface area contributed by atoms with E-state index in [1.165, 1.54) is 0 Å². The third kappa shape index (κ3) is 3.16. The highest BCUT2D eigenvalue weighted by atomic mass is 35.5. The molecule has 0 aliphatic carbocycles. The molecule has 0 aliphatic rings. The number of aliphatic hydroxyl groups is 1. The van der Waals surface area contributed by atoms with Crippen molar-refractivity contribution in [1.82, 2.24) is 0 Å². The van der Waals surface area contributed by atoms with Crippen LogP contribution in [0, 0.1) is 17.6 Å². The van der Waals surface area contributed by atoms with Gasteiger partial charge < -0.3 is 5.11 Å². The minimum atomic E-state index is -0.996. The van der Waals surface area contributed by atoms with Gasteiger partial charge in [-0.1, -0.05) is 31.9 Å². The van der Waals surface area contributed by atoms with Crippen LogP contribution in [-0.4, -0.2) is 5.11 Å². The summed E-state index contributed by atoms with van der Waals surface area (Å²) < 4.78 is 25.8.